The van der Waals surface area contributed by atoms with Crippen molar-refractivity contribution in [1.82, 2.24) is 9.88 Å². The van der Waals surface area contributed by atoms with Crippen LogP contribution in [0, 0.1) is 11.7 Å². The summed E-state index contributed by atoms with van der Waals surface area (Å²) in [4.78, 5) is 22.0. The number of pyridine rings is 1. The molecule has 4 N–H and O–H groups in total. The number of aromatic nitrogens is 1. The number of hydrogen-bond donors (Lipinski definition) is 3. The first-order valence-corrected chi connectivity index (χ1v) is 9.79. The fourth-order valence-corrected chi connectivity index (χ4v) is 4.33. The minimum Gasteiger partial charge on any atom is -0.465 e. The van der Waals surface area contributed by atoms with Crippen LogP contribution in [0.2, 0.25) is 0 Å². The van der Waals surface area contributed by atoms with E-state index in [1.807, 2.05) is 18.2 Å². The van der Waals surface area contributed by atoms with Gasteiger partial charge in [0.15, 0.2) is 0 Å². The van der Waals surface area contributed by atoms with Crippen molar-refractivity contribution in [1.29, 1.82) is 0 Å². The van der Waals surface area contributed by atoms with E-state index in [0.717, 1.165) is 25.0 Å². The van der Waals surface area contributed by atoms with E-state index in [0.29, 0.717) is 25.2 Å². The van der Waals surface area contributed by atoms with E-state index >= 15 is 0 Å². The maximum atomic E-state index is 14.2. The Labute approximate surface area is 168 Å². The van der Waals surface area contributed by atoms with Gasteiger partial charge in [0.2, 0.25) is 0 Å². The number of amides is 1. The first-order chi connectivity index (χ1) is 14.0. The normalized spacial score (nSPS) is 23.3. The highest BCUT2D eigenvalue weighted by Crippen LogP contribution is 2.40. The molecule has 2 aliphatic rings. The number of hydrogen-bond acceptors (Lipinski definition) is 5. The molecule has 0 aliphatic carbocycles. The molecular weight excluding hydrogens is 373 g/mol. The Morgan fingerprint density at radius 1 is 1.34 bits per heavy atom. The zero-order valence-electron chi connectivity index (χ0n) is 16.0. The monoisotopic (exact) mass is 397 g/mol. The molecule has 2 unspecified atom stereocenters. The highest BCUT2D eigenvalue weighted by atomic mass is 19.1. The molecule has 1 aromatic heterocycles. The number of nitrogens with one attached hydrogen (secondary N) is 1. The molecule has 3 heterocycles. The molecule has 0 radical (unpaired) electrons. The average Bonchev–Trinajstić information content (AvgIpc) is 2.70. The van der Waals surface area contributed by atoms with E-state index in [1.165, 1.54) is 11.0 Å². The predicted molar refractivity (Wildman–Crippen MR) is 108 cm³/mol. The van der Waals surface area contributed by atoms with E-state index in [9.17, 15) is 14.3 Å². The van der Waals surface area contributed by atoms with E-state index in [2.05, 4.69) is 15.3 Å². The molecule has 7 nitrogen and oxygen atoms in total. The van der Waals surface area contributed by atoms with Crippen LogP contribution < -0.4 is 11.1 Å². The number of nitrogens with two attached hydrogens (primary N) is 1. The number of amidine groups is 1. The van der Waals surface area contributed by atoms with E-state index in [1.54, 1.807) is 18.3 Å². The van der Waals surface area contributed by atoms with Crippen LogP contribution in [-0.2, 0) is 6.42 Å². The minimum absolute atomic E-state index is 0.0916. The molecule has 1 fully saturated rings. The van der Waals surface area contributed by atoms with Crippen molar-refractivity contribution in [3.8, 4) is 0 Å². The van der Waals surface area contributed by atoms with Gasteiger partial charge in [0.25, 0.3) is 0 Å². The molecule has 2 aromatic rings. The van der Waals surface area contributed by atoms with Crippen molar-refractivity contribution in [2.45, 2.75) is 31.3 Å². The van der Waals surface area contributed by atoms with Gasteiger partial charge < -0.3 is 21.1 Å². The third kappa shape index (κ3) is 3.74. The van der Waals surface area contributed by atoms with Crippen LogP contribution in [0.4, 0.5) is 14.9 Å². The molecule has 0 bridgehead atoms. The molecule has 1 amide bonds. The van der Waals surface area contributed by atoms with Gasteiger partial charge >= 0.3 is 6.09 Å². The lowest BCUT2D eigenvalue weighted by molar-refractivity contribution is 0.0880. The second-order valence-corrected chi connectivity index (χ2v) is 7.60. The van der Waals surface area contributed by atoms with Crippen LogP contribution in [0.5, 0.6) is 0 Å². The standard InChI is InChI=1S/C21H24FN5O2/c22-16-8-4-9-17-18(16)19(23)26-21(25-17)10-12-27(20(28)29)13-14(21)5-3-7-15-6-1-2-11-24-15/h1-2,4,6,8-9,11,14,25H,3,5,7,10,12-13H2,(H2,23,26)(H,28,29). The summed E-state index contributed by atoms with van der Waals surface area (Å²) in [6, 6.07) is 10.6. The van der Waals surface area contributed by atoms with Crippen LogP contribution in [-0.4, -0.2) is 45.7 Å². The highest BCUT2D eigenvalue weighted by Gasteiger charge is 2.46. The van der Waals surface area contributed by atoms with Gasteiger partial charge in [0.1, 0.15) is 17.3 Å². The molecular formula is C21H24FN5O2. The summed E-state index contributed by atoms with van der Waals surface area (Å²) in [6.45, 7) is 0.701. The Hall–Kier alpha value is -3.16. The summed E-state index contributed by atoms with van der Waals surface area (Å²) in [7, 11) is 0. The molecule has 8 heteroatoms. The number of benzene rings is 1. The number of carbonyl (C=O) groups is 1. The second kappa shape index (κ2) is 7.69. The third-order valence-electron chi connectivity index (χ3n) is 5.80. The van der Waals surface area contributed by atoms with E-state index < -0.39 is 17.6 Å². The van der Waals surface area contributed by atoms with Gasteiger partial charge in [-0.15, -0.1) is 0 Å². The van der Waals surface area contributed by atoms with Crippen molar-refractivity contribution in [3.63, 3.8) is 0 Å². The van der Waals surface area contributed by atoms with Gasteiger partial charge in [0, 0.05) is 43.0 Å². The summed E-state index contributed by atoms with van der Waals surface area (Å²) in [5.41, 5.74) is 7.31. The first-order valence-electron chi connectivity index (χ1n) is 9.79. The maximum absolute atomic E-state index is 14.2. The molecule has 152 valence electrons. The lowest BCUT2D eigenvalue weighted by atomic mass is 9.80. The zero-order valence-corrected chi connectivity index (χ0v) is 16.0. The number of halogens is 1. The van der Waals surface area contributed by atoms with Crippen LogP contribution >= 0.6 is 0 Å². The van der Waals surface area contributed by atoms with Gasteiger partial charge in [-0.05, 0) is 43.5 Å². The van der Waals surface area contributed by atoms with Crippen LogP contribution in [0.25, 0.3) is 0 Å². The summed E-state index contributed by atoms with van der Waals surface area (Å²) in [6.07, 6.45) is 3.69. The average molecular weight is 397 g/mol. The van der Waals surface area contributed by atoms with Gasteiger partial charge in [-0.1, -0.05) is 12.1 Å². The SMILES string of the molecule is NC1=NC2(CCN(C(=O)O)CC2CCCc2ccccn2)Nc2cccc(F)c21. The number of nitrogens with zero attached hydrogens (tertiary/aromatic N) is 3. The molecule has 0 saturated carbocycles. The number of rotatable bonds is 4. The van der Waals surface area contributed by atoms with Crippen molar-refractivity contribution >= 4 is 17.6 Å². The molecule has 2 atom stereocenters. The Balaban J connectivity index is 1.58. The molecule has 1 spiro atoms. The summed E-state index contributed by atoms with van der Waals surface area (Å²) in [5.74, 6) is -0.345. The second-order valence-electron chi connectivity index (χ2n) is 7.60. The number of aliphatic imine (C=N–C) groups is 1. The maximum Gasteiger partial charge on any atom is 0.407 e. The Morgan fingerprint density at radius 2 is 2.21 bits per heavy atom. The molecule has 29 heavy (non-hydrogen) atoms. The fraction of sp³-hybridized carbons (Fsp3) is 0.381. The quantitative estimate of drug-likeness (QED) is 0.736. The Bertz CT molecular complexity index is 936. The van der Waals surface area contributed by atoms with Crippen molar-refractivity contribution < 1.29 is 14.3 Å². The number of aryl methyl sites for hydroxylation is 1. The lowest BCUT2D eigenvalue weighted by Gasteiger charge is -2.47. The highest BCUT2D eigenvalue weighted by molar-refractivity contribution is 6.04. The number of fused-ring (bicyclic) bond motifs is 1. The summed E-state index contributed by atoms with van der Waals surface area (Å²) in [5, 5.41) is 12.9. The Morgan fingerprint density at radius 3 is 2.97 bits per heavy atom. The van der Waals surface area contributed by atoms with Crippen LogP contribution in [0.3, 0.4) is 0 Å². The van der Waals surface area contributed by atoms with Gasteiger partial charge in [-0.25, -0.2) is 14.2 Å². The van der Waals surface area contributed by atoms with Crippen molar-refractivity contribution in [2.75, 3.05) is 18.4 Å². The predicted octanol–water partition coefficient (Wildman–Crippen LogP) is 3.07. The molecule has 1 aromatic carbocycles. The molecule has 1 saturated heterocycles. The van der Waals surface area contributed by atoms with Gasteiger partial charge in [-0.2, -0.15) is 0 Å². The topological polar surface area (TPSA) is 104 Å². The van der Waals surface area contributed by atoms with Crippen LogP contribution in [0.1, 0.15) is 30.5 Å². The number of anilines is 1. The Kier molecular flexibility index (Phi) is 5.08. The lowest BCUT2D eigenvalue weighted by Crippen LogP contribution is -2.58. The zero-order chi connectivity index (χ0) is 20.4. The molecule has 4 rings (SSSR count). The largest absolute Gasteiger partial charge is 0.465 e. The summed E-state index contributed by atoms with van der Waals surface area (Å²) >= 11 is 0. The smallest absolute Gasteiger partial charge is 0.407 e. The first kappa shape index (κ1) is 19.2. The van der Waals surface area contributed by atoms with Gasteiger partial charge in [0.05, 0.1) is 5.56 Å². The summed E-state index contributed by atoms with van der Waals surface area (Å²) < 4.78 is 14.2. The molecule has 2 aliphatic heterocycles. The minimum atomic E-state index is -0.936. The fourth-order valence-electron chi connectivity index (χ4n) is 4.33. The van der Waals surface area contributed by atoms with Crippen LogP contribution in [0.15, 0.2) is 47.6 Å². The van der Waals surface area contributed by atoms with Gasteiger partial charge in [-0.3, -0.25) is 4.98 Å². The number of likely N-dealkylation sites (tertiary alicyclic amines) is 1. The third-order valence-corrected chi connectivity index (χ3v) is 5.80. The number of carboxylic acid groups (broad SMARTS) is 1. The van der Waals surface area contributed by atoms with E-state index in [4.69, 9.17) is 5.73 Å². The van der Waals surface area contributed by atoms with E-state index in [-0.39, 0.29) is 17.3 Å². The number of piperidine rings is 1. The van der Waals surface area contributed by atoms with Crippen molar-refractivity contribution in [3.05, 3.63) is 59.7 Å². The van der Waals surface area contributed by atoms with Crippen molar-refractivity contribution in [2.24, 2.45) is 16.6 Å².